The third-order valence-corrected chi connectivity index (χ3v) is 5.03. The first-order chi connectivity index (χ1) is 15.2. The minimum Gasteiger partial charge on any atom is -0.349 e. The van der Waals surface area contributed by atoms with Crippen LogP contribution < -0.4 is 16.6 Å². The molecule has 0 aliphatic rings. The Labute approximate surface area is 187 Å². The summed E-state index contributed by atoms with van der Waals surface area (Å²) in [6, 6.07) is 13.1. The highest BCUT2D eigenvalue weighted by atomic mass is 16.2. The summed E-state index contributed by atoms with van der Waals surface area (Å²) in [4.78, 5) is 41.1. The van der Waals surface area contributed by atoms with Crippen molar-refractivity contribution in [3.05, 3.63) is 91.3 Å². The van der Waals surface area contributed by atoms with Gasteiger partial charge in [-0.05, 0) is 63.7 Å². The Morgan fingerprint density at radius 3 is 2.19 bits per heavy atom. The summed E-state index contributed by atoms with van der Waals surface area (Å²) in [5.41, 5.74) is 2.64. The zero-order valence-electron chi connectivity index (χ0n) is 19.2. The lowest BCUT2D eigenvalue weighted by Gasteiger charge is -2.14. The minimum absolute atomic E-state index is 0.0449. The summed E-state index contributed by atoms with van der Waals surface area (Å²) in [7, 11) is 3.78. The molecule has 0 radical (unpaired) electrons. The van der Waals surface area contributed by atoms with Crippen LogP contribution in [0.4, 0.5) is 0 Å². The Kier molecular flexibility index (Phi) is 7.05. The van der Waals surface area contributed by atoms with Crippen LogP contribution in [0.15, 0.2) is 52.1 Å². The van der Waals surface area contributed by atoms with Gasteiger partial charge in [0.1, 0.15) is 0 Å². The van der Waals surface area contributed by atoms with Crippen molar-refractivity contribution < 1.29 is 4.79 Å². The van der Waals surface area contributed by atoms with Crippen LogP contribution in [0.1, 0.15) is 32.7 Å². The summed E-state index contributed by atoms with van der Waals surface area (Å²) in [5.74, 6) is -0.604. The highest BCUT2D eigenvalue weighted by molar-refractivity contribution is 5.91. The van der Waals surface area contributed by atoms with Crippen molar-refractivity contribution in [1.82, 2.24) is 24.6 Å². The Morgan fingerprint density at radius 1 is 0.969 bits per heavy atom. The molecular formula is C24H29N5O3. The molecule has 8 nitrogen and oxygen atoms in total. The lowest BCUT2D eigenvalue weighted by molar-refractivity contribution is 0.0941. The van der Waals surface area contributed by atoms with Gasteiger partial charge in [0.15, 0.2) is 0 Å². The van der Waals surface area contributed by atoms with E-state index in [-0.39, 0.29) is 12.2 Å². The van der Waals surface area contributed by atoms with Gasteiger partial charge in [-0.25, -0.2) is 4.79 Å². The Hall–Kier alpha value is -3.52. The second kappa shape index (κ2) is 9.74. The number of benzene rings is 2. The number of carbonyl (C=O) groups is 1. The molecule has 0 aliphatic heterocycles. The average molecular weight is 436 g/mol. The number of hydrogen-bond donors (Lipinski definition) is 1. The molecule has 1 N–H and O–H groups in total. The molecule has 32 heavy (non-hydrogen) atoms. The number of amides is 1. The number of rotatable bonds is 7. The number of carbonyl (C=O) groups excluding carboxylic acids is 1. The summed E-state index contributed by atoms with van der Waals surface area (Å²) >= 11 is 0. The van der Waals surface area contributed by atoms with Gasteiger partial charge < -0.3 is 10.2 Å². The van der Waals surface area contributed by atoms with E-state index in [0.29, 0.717) is 18.8 Å². The topological polar surface area (TPSA) is 89.2 Å². The molecule has 0 saturated carbocycles. The SMILES string of the molecule is Cc1ccc(Cn2c(=O)c(C(=O)NCCN(C)C)nn(-c3cc(C)cc(C)c3)c2=O)cc1. The van der Waals surface area contributed by atoms with Crippen molar-refractivity contribution in [2.45, 2.75) is 27.3 Å². The van der Waals surface area contributed by atoms with E-state index in [4.69, 9.17) is 0 Å². The Balaban J connectivity index is 2.14. The molecule has 0 fully saturated rings. The van der Waals surface area contributed by atoms with Crippen molar-refractivity contribution in [1.29, 1.82) is 0 Å². The number of nitrogens with zero attached hydrogens (tertiary/aromatic N) is 4. The standard InChI is InChI=1S/C24H29N5O3/c1-16-6-8-19(9-7-16)15-28-23(31)21(22(30)25-10-11-27(4)5)26-29(24(28)32)20-13-17(2)12-18(3)14-20/h6-9,12-14H,10-11,15H2,1-5H3,(H,25,30). The van der Waals surface area contributed by atoms with E-state index < -0.39 is 17.2 Å². The van der Waals surface area contributed by atoms with Gasteiger partial charge in [0.25, 0.3) is 11.5 Å². The number of nitrogens with one attached hydrogen (secondary N) is 1. The van der Waals surface area contributed by atoms with E-state index in [9.17, 15) is 14.4 Å². The molecule has 0 unspecified atom stereocenters. The highest BCUT2D eigenvalue weighted by Gasteiger charge is 2.20. The summed E-state index contributed by atoms with van der Waals surface area (Å²) in [5, 5.41) is 6.90. The highest BCUT2D eigenvalue weighted by Crippen LogP contribution is 2.11. The normalized spacial score (nSPS) is 11.1. The molecule has 1 amide bonds. The quantitative estimate of drug-likeness (QED) is 0.610. The fourth-order valence-electron chi connectivity index (χ4n) is 3.39. The van der Waals surface area contributed by atoms with Crippen LogP contribution in [-0.2, 0) is 6.54 Å². The molecule has 0 bridgehead atoms. The maximum Gasteiger partial charge on any atom is 0.352 e. The van der Waals surface area contributed by atoms with Gasteiger partial charge in [0.2, 0.25) is 5.69 Å². The van der Waals surface area contributed by atoms with Crippen LogP contribution in [0.5, 0.6) is 0 Å². The van der Waals surface area contributed by atoms with Gasteiger partial charge in [-0.2, -0.15) is 9.78 Å². The van der Waals surface area contributed by atoms with Crippen LogP contribution in [0.2, 0.25) is 0 Å². The van der Waals surface area contributed by atoms with E-state index in [2.05, 4.69) is 10.4 Å². The minimum atomic E-state index is -0.710. The molecule has 1 aromatic heterocycles. The number of aryl methyl sites for hydroxylation is 3. The van der Waals surface area contributed by atoms with E-state index in [1.54, 1.807) is 12.1 Å². The molecule has 0 saturated heterocycles. The van der Waals surface area contributed by atoms with Crippen molar-refractivity contribution in [3.63, 3.8) is 0 Å². The van der Waals surface area contributed by atoms with Crippen LogP contribution >= 0.6 is 0 Å². The van der Waals surface area contributed by atoms with E-state index in [1.165, 1.54) is 0 Å². The van der Waals surface area contributed by atoms with Gasteiger partial charge in [0, 0.05) is 13.1 Å². The first kappa shape index (κ1) is 23.1. The van der Waals surface area contributed by atoms with Gasteiger partial charge in [0.05, 0.1) is 12.2 Å². The first-order valence-electron chi connectivity index (χ1n) is 10.5. The largest absolute Gasteiger partial charge is 0.352 e. The van der Waals surface area contributed by atoms with Crippen molar-refractivity contribution >= 4 is 5.91 Å². The monoisotopic (exact) mass is 435 g/mol. The van der Waals surface area contributed by atoms with Crippen LogP contribution in [-0.4, -0.2) is 52.3 Å². The molecule has 0 aliphatic carbocycles. The van der Waals surface area contributed by atoms with Crippen molar-refractivity contribution in [3.8, 4) is 5.69 Å². The van der Waals surface area contributed by atoms with Gasteiger partial charge >= 0.3 is 5.69 Å². The molecule has 2 aromatic carbocycles. The van der Waals surface area contributed by atoms with Gasteiger partial charge in [-0.3, -0.25) is 14.2 Å². The second-order valence-electron chi connectivity index (χ2n) is 8.32. The fourth-order valence-corrected chi connectivity index (χ4v) is 3.39. The maximum absolute atomic E-state index is 13.3. The summed E-state index contributed by atoms with van der Waals surface area (Å²) in [6.45, 7) is 6.81. The lowest BCUT2D eigenvalue weighted by Crippen LogP contribution is -2.46. The third kappa shape index (κ3) is 5.39. The number of likely N-dealkylation sites (N-methyl/N-ethyl adjacent to an activating group) is 1. The molecule has 3 rings (SSSR count). The van der Waals surface area contributed by atoms with E-state index in [0.717, 1.165) is 31.5 Å². The third-order valence-electron chi connectivity index (χ3n) is 5.03. The average Bonchev–Trinajstić information content (AvgIpc) is 2.71. The molecule has 168 valence electrons. The molecule has 1 heterocycles. The first-order valence-corrected chi connectivity index (χ1v) is 10.5. The summed E-state index contributed by atoms with van der Waals surface area (Å²) in [6.07, 6.45) is 0. The fraction of sp³-hybridized carbons (Fsp3) is 0.333. The Bertz CT molecular complexity index is 1220. The van der Waals surface area contributed by atoms with Crippen LogP contribution in [0.25, 0.3) is 5.69 Å². The van der Waals surface area contributed by atoms with E-state index >= 15 is 0 Å². The zero-order valence-corrected chi connectivity index (χ0v) is 19.2. The van der Waals surface area contributed by atoms with Crippen LogP contribution in [0.3, 0.4) is 0 Å². The van der Waals surface area contributed by atoms with Crippen molar-refractivity contribution in [2.75, 3.05) is 27.2 Å². The summed E-state index contributed by atoms with van der Waals surface area (Å²) < 4.78 is 2.20. The number of aromatic nitrogens is 3. The molecule has 3 aromatic rings. The van der Waals surface area contributed by atoms with E-state index in [1.807, 2.05) is 70.1 Å². The smallest absolute Gasteiger partial charge is 0.349 e. The molecule has 0 spiro atoms. The van der Waals surface area contributed by atoms with Gasteiger partial charge in [-0.15, -0.1) is 0 Å². The zero-order chi connectivity index (χ0) is 23.4. The molecular weight excluding hydrogens is 406 g/mol. The molecule has 8 heteroatoms. The van der Waals surface area contributed by atoms with Crippen molar-refractivity contribution in [2.24, 2.45) is 0 Å². The van der Waals surface area contributed by atoms with Gasteiger partial charge in [-0.1, -0.05) is 35.9 Å². The van der Waals surface area contributed by atoms with Crippen LogP contribution in [0, 0.1) is 20.8 Å². The Morgan fingerprint density at radius 2 is 1.59 bits per heavy atom. The number of hydrogen-bond acceptors (Lipinski definition) is 5. The molecule has 0 atom stereocenters. The maximum atomic E-state index is 13.3. The predicted molar refractivity (Wildman–Crippen MR) is 125 cm³/mol. The predicted octanol–water partition coefficient (Wildman–Crippen LogP) is 1.66. The second-order valence-corrected chi connectivity index (χ2v) is 8.32. The lowest BCUT2D eigenvalue weighted by atomic mass is 10.1.